The molecular formula is C19H18N2O4. The molecule has 4 rings (SSSR count). The van der Waals surface area contributed by atoms with E-state index in [4.69, 9.17) is 9.15 Å². The zero-order chi connectivity index (χ0) is 17.4. The molecule has 2 N–H and O–H groups in total. The third-order valence-electron chi connectivity index (χ3n) is 4.40. The molecule has 2 aliphatic rings. The molecule has 2 unspecified atom stereocenters. The first-order chi connectivity index (χ1) is 12.1. The van der Waals surface area contributed by atoms with Gasteiger partial charge < -0.3 is 19.8 Å². The molecule has 1 aliphatic heterocycles. The Hall–Kier alpha value is -3.02. The maximum atomic E-state index is 12.1. The number of ether oxygens (including phenoxy) is 1. The molecule has 1 aromatic carbocycles. The Morgan fingerprint density at radius 2 is 2.16 bits per heavy atom. The number of carbonyl (C=O) groups excluding carboxylic acids is 2. The van der Waals surface area contributed by atoms with Crippen LogP contribution in [0.2, 0.25) is 0 Å². The molecule has 0 radical (unpaired) electrons. The minimum absolute atomic E-state index is 0.00616. The lowest BCUT2D eigenvalue weighted by molar-refractivity contribution is -0.118. The summed E-state index contributed by atoms with van der Waals surface area (Å²) < 4.78 is 11.0. The average molecular weight is 338 g/mol. The molecule has 25 heavy (non-hydrogen) atoms. The molecule has 6 heteroatoms. The number of rotatable bonds is 4. The first-order valence-corrected chi connectivity index (χ1v) is 8.24. The summed E-state index contributed by atoms with van der Waals surface area (Å²) in [7, 11) is 0. The van der Waals surface area contributed by atoms with E-state index in [1.807, 2.05) is 12.1 Å². The number of furan rings is 1. The highest BCUT2D eigenvalue weighted by Gasteiger charge is 2.36. The molecule has 0 saturated heterocycles. The summed E-state index contributed by atoms with van der Waals surface area (Å²) in [5.41, 5.74) is 1.12. The van der Waals surface area contributed by atoms with Gasteiger partial charge in [0.1, 0.15) is 17.3 Å². The van der Waals surface area contributed by atoms with E-state index in [2.05, 4.69) is 17.6 Å². The van der Waals surface area contributed by atoms with Gasteiger partial charge in [0.15, 0.2) is 6.61 Å². The predicted octanol–water partition coefficient (Wildman–Crippen LogP) is 3.39. The van der Waals surface area contributed by atoms with Crippen molar-refractivity contribution in [1.29, 1.82) is 0 Å². The predicted molar refractivity (Wildman–Crippen MR) is 93.5 cm³/mol. The first-order valence-electron chi connectivity index (χ1n) is 8.24. The van der Waals surface area contributed by atoms with Crippen molar-refractivity contribution >= 4 is 29.3 Å². The molecule has 128 valence electrons. The molecule has 2 atom stereocenters. The normalized spacial score (nSPS) is 21.4. The summed E-state index contributed by atoms with van der Waals surface area (Å²) in [5, 5.41) is 5.46. The second kappa shape index (κ2) is 6.12. The largest absolute Gasteiger partial charge is 0.482 e. The van der Waals surface area contributed by atoms with Gasteiger partial charge >= 0.3 is 0 Å². The summed E-state index contributed by atoms with van der Waals surface area (Å²) in [4.78, 5) is 23.4. The van der Waals surface area contributed by atoms with E-state index < -0.39 is 0 Å². The van der Waals surface area contributed by atoms with Crippen LogP contribution in [0.15, 0.2) is 40.8 Å². The monoisotopic (exact) mass is 338 g/mol. The number of carbonyl (C=O) groups is 2. The van der Waals surface area contributed by atoms with Gasteiger partial charge in [-0.05, 0) is 48.7 Å². The van der Waals surface area contributed by atoms with Crippen LogP contribution in [-0.4, -0.2) is 18.4 Å². The summed E-state index contributed by atoms with van der Waals surface area (Å²) in [6, 6.07) is 8.94. The summed E-state index contributed by atoms with van der Waals surface area (Å²) in [5.74, 6) is 2.94. The van der Waals surface area contributed by atoms with Crippen LogP contribution in [-0.2, 0) is 9.59 Å². The van der Waals surface area contributed by atoms with E-state index in [9.17, 15) is 9.59 Å². The van der Waals surface area contributed by atoms with Crippen molar-refractivity contribution in [2.24, 2.45) is 5.92 Å². The van der Waals surface area contributed by atoms with Gasteiger partial charge in [-0.2, -0.15) is 0 Å². The second-order valence-electron chi connectivity index (χ2n) is 6.43. The van der Waals surface area contributed by atoms with Crippen LogP contribution in [0.25, 0.3) is 6.08 Å². The Morgan fingerprint density at radius 3 is 2.96 bits per heavy atom. The van der Waals surface area contributed by atoms with E-state index in [1.165, 1.54) is 6.08 Å². The number of fused-ring (bicyclic) bond motifs is 1. The molecule has 6 nitrogen and oxygen atoms in total. The molecule has 1 saturated carbocycles. The molecular weight excluding hydrogens is 320 g/mol. The highest BCUT2D eigenvalue weighted by Crippen LogP contribution is 2.47. The minimum Gasteiger partial charge on any atom is -0.482 e. The third-order valence-corrected chi connectivity index (χ3v) is 4.40. The van der Waals surface area contributed by atoms with Gasteiger partial charge in [0, 0.05) is 17.7 Å². The maximum Gasteiger partial charge on any atom is 0.262 e. The standard InChI is InChI=1S/C19H18N2O4/c1-11-8-14(11)16-6-3-13(25-16)4-7-18(22)20-12-2-5-17-15(9-12)21-19(23)10-24-17/h2-7,9,11,14H,8,10H2,1H3,(H,20,22)(H,21,23)/b7-4+. The zero-order valence-electron chi connectivity index (χ0n) is 13.7. The molecule has 2 amide bonds. The summed E-state index contributed by atoms with van der Waals surface area (Å²) >= 11 is 0. The molecule has 0 bridgehead atoms. The number of hydrogen-bond acceptors (Lipinski definition) is 4. The van der Waals surface area contributed by atoms with E-state index in [1.54, 1.807) is 24.3 Å². The quantitative estimate of drug-likeness (QED) is 0.838. The van der Waals surface area contributed by atoms with Crippen LogP contribution < -0.4 is 15.4 Å². The lowest BCUT2D eigenvalue weighted by Crippen LogP contribution is -2.25. The Kier molecular flexibility index (Phi) is 3.80. The van der Waals surface area contributed by atoms with Gasteiger partial charge in [-0.15, -0.1) is 0 Å². The first kappa shape index (κ1) is 15.5. The number of anilines is 2. The topological polar surface area (TPSA) is 80.6 Å². The number of hydrogen-bond donors (Lipinski definition) is 2. The fourth-order valence-electron chi connectivity index (χ4n) is 2.88. The van der Waals surface area contributed by atoms with Crippen molar-refractivity contribution in [3.63, 3.8) is 0 Å². The second-order valence-corrected chi connectivity index (χ2v) is 6.43. The highest BCUT2D eigenvalue weighted by molar-refractivity contribution is 6.03. The molecule has 2 aromatic rings. The van der Waals surface area contributed by atoms with Crippen molar-refractivity contribution in [2.75, 3.05) is 17.2 Å². The lowest BCUT2D eigenvalue weighted by atomic mass is 10.2. The minimum atomic E-state index is -0.277. The highest BCUT2D eigenvalue weighted by atomic mass is 16.5. The molecule has 1 fully saturated rings. The van der Waals surface area contributed by atoms with Gasteiger partial charge in [-0.25, -0.2) is 0 Å². The average Bonchev–Trinajstić information content (AvgIpc) is 3.14. The molecule has 2 heterocycles. The Bertz CT molecular complexity index is 868. The van der Waals surface area contributed by atoms with Gasteiger partial charge in [0.2, 0.25) is 5.91 Å². The fourth-order valence-corrected chi connectivity index (χ4v) is 2.88. The van der Waals surface area contributed by atoms with Crippen LogP contribution in [0.5, 0.6) is 5.75 Å². The van der Waals surface area contributed by atoms with E-state index >= 15 is 0 Å². The third kappa shape index (κ3) is 3.42. The van der Waals surface area contributed by atoms with Crippen molar-refractivity contribution in [3.8, 4) is 5.75 Å². The van der Waals surface area contributed by atoms with Crippen LogP contribution >= 0.6 is 0 Å². The van der Waals surface area contributed by atoms with Crippen LogP contribution in [0.4, 0.5) is 11.4 Å². The van der Waals surface area contributed by atoms with Crippen LogP contribution in [0, 0.1) is 5.92 Å². The smallest absolute Gasteiger partial charge is 0.262 e. The lowest BCUT2D eigenvalue weighted by Gasteiger charge is -2.18. The number of nitrogens with one attached hydrogen (secondary N) is 2. The van der Waals surface area contributed by atoms with Gasteiger partial charge in [0.05, 0.1) is 5.69 Å². The van der Waals surface area contributed by atoms with Gasteiger partial charge in [0.25, 0.3) is 5.91 Å². The maximum absolute atomic E-state index is 12.1. The zero-order valence-corrected chi connectivity index (χ0v) is 13.7. The number of amides is 2. The fraction of sp³-hybridized carbons (Fsp3) is 0.263. The van der Waals surface area contributed by atoms with E-state index in [0.717, 1.165) is 12.2 Å². The molecule has 1 aliphatic carbocycles. The SMILES string of the molecule is CC1CC1c1ccc(/C=C/C(=O)Nc2ccc3c(c2)NC(=O)CO3)o1. The van der Waals surface area contributed by atoms with Crippen LogP contribution in [0.1, 0.15) is 30.8 Å². The van der Waals surface area contributed by atoms with Crippen LogP contribution in [0.3, 0.4) is 0 Å². The summed E-state index contributed by atoms with van der Waals surface area (Å²) in [6.07, 6.45) is 4.23. The Morgan fingerprint density at radius 1 is 1.32 bits per heavy atom. The summed E-state index contributed by atoms with van der Waals surface area (Å²) in [6.45, 7) is 2.20. The van der Waals surface area contributed by atoms with Crippen molar-refractivity contribution < 1.29 is 18.7 Å². The Labute approximate surface area is 144 Å². The van der Waals surface area contributed by atoms with Gasteiger partial charge in [-0.3, -0.25) is 9.59 Å². The molecule has 1 aromatic heterocycles. The van der Waals surface area contributed by atoms with Crippen molar-refractivity contribution in [1.82, 2.24) is 0 Å². The van der Waals surface area contributed by atoms with Crippen molar-refractivity contribution in [3.05, 3.63) is 47.9 Å². The Balaban J connectivity index is 1.39. The van der Waals surface area contributed by atoms with Gasteiger partial charge in [-0.1, -0.05) is 6.92 Å². The molecule has 0 spiro atoms. The number of benzene rings is 1. The van der Waals surface area contributed by atoms with E-state index in [0.29, 0.717) is 34.7 Å². The van der Waals surface area contributed by atoms with E-state index in [-0.39, 0.29) is 18.4 Å². The van der Waals surface area contributed by atoms with Crippen molar-refractivity contribution in [2.45, 2.75) is 19.3 Å².